The van der Waals surface area contributed by atoms with Gasteiger partial charge in [0, 0.05) is 12.6 Å². The van der Waals surface area contributed by atoms with Crippen LogP contribution in [0.3, 0.4) is 0 Å². The van der Waals surface area contributed by atoms with Crippen molar-refractivity contribution in [3.05, 3.63) is 29.6 Å². The predicted molar refractivity (Wildman–Crippen MR) is 81.5 cm³/mol. The zero-order valence-electron chi connectivity index (χ0n) is 12.9. The van der Waals surface area contributed by atoms with E-state index in [-0.39, 0.29) is 5.41 Å². The van der Waals surface area contributed by atoms with Crippen LogP contribution in [0.2, 0.25) is 0 Å². The first-order chi connectivity index (χ1) is 8.82. The Morgan fingerprint density at radius 1 is 1.21 bits per heavy atom. The van der Waals surface area contributed by atoms with Crippen molar-refractivity contribution in [2.75, 3.05) is 7.05 Å². The van der Waals surface area contributed by atoms with Crippen LogP contribution in [0.4, 0.5) is 0 Å². The third kappa shape index (κ3) is 2.81. The molecule has 104 valence electrons. The molecule has 1 unspecified atom stereocenters. The Bertz CT molecular complexity index is 575. The highest BCUT2D eigenvalue weighted by Gasteiger charge is 2.23. The van der Waals surface area contributed by atoms with Crippen LogP contribution in [-0.4, -0.2) is 22.6 Å². The summed E-state index contributed by atoms with van der Waals surface area (Å²) in [5.41, 5.74) is 5.18. The number of rotatable bonds is 3. The summed E-state index contributed by atoms with van der Waals surface area (Å²) >= 11 is 0. The van der Waals surface area contributed by atoms with Crippen molar-refractivity contribution >= 4 is 11.0 Å². The van der Waals surface area contributed by atoms with Crippen molar-refractivity contribution in [1.29, 1.82) is 0 Å². The summed E-state index contributed by atoms with van der Waals surface area (Å²) in [4.78, 5) is 4.53. The lowest BCUT2D eigenvalue weighted by Crippen LogP contribution is -2.41. The third-order valence-electron chi connectivity index (χ3n) is 4.01. The molecule has 1 atom stereocenters. The SMILES string of the molecule is CNC(Cn1cnc2cc(C)c(C)cc21)C(C)(C)C. The van der Waals surface area contributed by atoms with Crippen molar-refractivity contribution in [2.45, 2.75) is 47.2 Å². The molecule has 0 amide bonds. The first kappa shape index (κ1) is 14.1. The molecule has 1 heterocycles. The molecular formula is C16H25N3. The molecule has 1 aromatic heterocycles. The molecule has 1 aromatic carbocycles. The van der Waals surface area contributed by atoms with Crippen molar-refractivity contribution in [3.8, 4) is 0 Å². The zero-order chi connectivity index (χ0) is 14.2. The summed E-state index contributed by atoms with van der Waals surface area (Å²) in [7, 11) is 2.03. The molecule has 0 spiro atoms. The van der Waals surface area contributed by atoms with Crippen LogP contribution in [0.1, 0.15) is 31.9 Å². The average molecular weight is 259 g/mol. The number of nitrogens with zero attached hydrogens (tertiary/aromatic N) is 2. The summed E-state index contributed by atoms with van der Waals surface area (Å²) in [6, 6.07) is 4.84. The van der Waals surface area contributed by atoms with Crippen molar-refractivity contribution < 1.29 is 0 Å². The Hall–Kier alpha value is -1.35. The van der Waals surface area contributed by atoms with E-state index in [1.807, 2.05) is 13.4 Å². The molecule has 0 bridgehead atoms. The van der Waals surface area contributed by atoms with E-state index in [9.17, 15) is 0 Å². The van der Waals surface area contributed by atoms with Gasteiger partial charge >= 0.3 is 0 Å². The van der Waals surface area contributed by atoms with E-state index in [2.05, 4.69) is 61.6 Å². The largest absolute Gasteiger partial charge is 0.329 e. The highest BCUT2D eigenvalue weighted by molar-refractivity contribution is 5.77. The normalized spacial score (nSPS) is 14.0. The highest BCUT2D eigenvalue weighted by Crippen LogP contribution is 2.23. The molecule has 3 nitrogen and oxygen atoms in total. The summed E-state index contributed by atoms with van der Waals surface area (Å²) < 4.78 is 2.26. The summed E-state index contributed by atoms with van der Waals surface area (Å²) in [5, 5.41) is 3.42. The number of aromatic nitrogens is 2. The standard InChI is InChI=1S/C16H25N3/c1-11-7-13-14(8-12(11)2)19(10-18-13)9-15(17-6)16(3,4)5/h7-8,10,15,17H,9H2,1-6H3. The minimum absolute atomic E-state index is 0.227. The second kappa shape index (κ2) is 4.97. The average Bonchev–Trinajstić information content (AvgIpc) is 2.67. The van der Waals surface area contributed by atoms with Gasteiger partial charge in [0.25, 0.3) is 0 Å². The second-order valence-corrected chi connectivity index (χ2v) is 6.53. The van der Waals surface area contributed by atoms with E-state index in [1.54, 1.807) is 0 Å². The van der Waals surface area contributed by atoms with Gasteiger partial charge in [0.15, 0.2) is 0 Å². The Kier molecular flexibility index (Phi) is 3.68. The number of hydrogen-bond acceptors (Lipinski definition) is 2. The van der Waals surface area contributed by atoms with Gasteiger partial charge in [-0.05, 0) is 49.6 Å². The van der Waals surface area contributed by atoms with E-state index < -0.39 is 0 Å². The van der Waals surface area contributed by atoms with E-state index in [0.29, 0.717) is 6.04 Å². The van der Waals surface area contributed by atoms with Gasteiger partial charge in [-0.3, -0.25) is 0 Å². The van der Waals surface area contributed by atoms with Gasteiger partial charge < -0.3 is 9.88 Å². The number of benzene rings is 1. The lowest BCUT2D eigenvalue weighted by Gasteiger charge is -2.30. The molecule has 0 saturated heterocycles. The fraction of sp³-hybridized carbons (Fsp3) is 0.562. The van der Waals surface area contributed by atoms with E-state index >= 15 is 0 Å². The van der Waals surface area contributed by atoms with Crippen LogP contribution in [0.25, 0.3) is 11.0 Å². The second-order valence-electron chi connectivity index (χ2n) is 6.53. The molecule has 2 rings (SSSR count). The topological polar surface area (TPSA) is 29.9 Å². The molecule has 0 aliphatic rings. The van der Waals surface area contributed by atoms with Crippen LogP contribution >= 0.6 is 0 Å². The number of aryl methyl sites for hydroxylation is 2. The van der Waals surface area contributed by atoms with Gasteiger partial charge in [0.1, 0.15) is 0 Å². The molecule has 2 aromatic rings. The van der Waals surface area contributed by atoms with Crippen LogP contribution in [0.15, 0.2) is 18.5 Å². The lowest BCUT2D eigenvalue weighted by atomic mass is 9.87. The Balaban J connectivity index is 2.38. The van der Waals surface area contributed by atoms with Crippen LogP contribution in [0.5, 0.6) is 0 Å². The van der Waals surface area contributed by atoms with E-state index in [0.717, 1.165) is 12.1 Å². The first-order valence-corrected chi connectivity index (χ1v) is 6.92. The molecule has 3 heteroatoms. The molecule has 0 aliphatic carbocycles. The number of hydrogen-bond donors (Lipinski definition) is 1. The smallest absolute Gasteiger partial charge is 0.0958 e. The van der Waals surface area contributed by atoms with E-state index in [4.69, 9.17) is 0 Å². The van der Waals surface area contributed by atoms with Gasteiger partial charge in [-0.2, -0.15) is 0 Å². The van der Waals surface area contributed by atoms with Crippen LogP contribution < -0.4 is 5.32 Å². The number of imidazole rings is 1. The highest BCUT2D eigenvalue weighted by atomic mass is 15.1. The minimum atomic E-state index is 0.227. The molecule has 0 saturated carbocycles. The maximum Gasteiger partial charge on any atom is 0.0958 e. The summed E-state index contributed by atoms with van der Waals surface area (Å²) in [6.07, 6.45) is 1.96. The van der Waals surface area contributed by atoms with Crippen LogP contribution in [-0.2, 0) is 6.54 Å². The molecule has 19 heavy (non-hydrogen) atoms. The zero-order valence-corrected chi connectivity index (χ0v) is 12.9. The van der Waals surface area contributed by atoms with Gasteiger partial charge in [-0.15, -0.1) is 0 Å². The van der Waals surface area contributed by atoms with Crippen molar-refractivity contribution in [2.24, 2.45) is 5.41 Å². The molecule has 0 fully saturated rings. The fourth-order valence-electron chi connectivity index (χ4n) is 2.45. The van der Waals surface area contributed by atoms with Crippen molar-refractivity contribution in [1.82, 2.24) is 14.9 Å². The predicted octanol–water partition coefficient (Wildman–Crippen LogP) is 3.29. The Morgan fingerprint density at radius 2 is 1.84 bits per heavy atom. The molecular weight excluding hydrogens is 234 g/mol. The monoisotopic (exact) mass is 259 g/mol. The van der Waals surface area contributed by atoms with Gasteiger partial charge in [-0.1, -0.05) is 20.8 Å². The molecule has 0 aliphatic heterocycles. The minimum Gasteiger partial charge on any atom is -0.329 e. The Labute approximate surface area is 116 Å². The molecule has 1 N–H and O–H groups in total. The Morgan fingerprint density at radius 3 is 2.42 bits per heavy atom. The van der Waals surface area contributed by atoms with Crippen LogP contribution in [0, 0.1) is 19.3 Å². The van der Waals surface area contributed by atoms with Crippen molar-refractivity contribution in [3.63, 3.8) is 0 Å². The summed E-state index contributed by atoms with van der Waals surface area (Å²) in [5.74, 6) is 0. The number of nitrogens with one attached hydrogen (secondary N) is 1. The quantitative estimate of drug-likeness (QED) is 0.916. The summed E-state index contributed by atoms with van der Waals surface area (Å²) in [6.45, 7) is 12.0. The first-order valence-electron chi connectivity index (χ1n) is 6.92. The van der Waals surface area contributed by atoms with E-state index in [1.165, 1.54) is 16.6 Å². The lowest BCUT2D eigenvalue weighted by molar-refractivity contribution is 0.256. The van der Waals surface area contributed by atoms with Gasteiger partial charge in [-0.25, -0.2) is 4.98 Å². The van der Waals surface area contributed by atoms with Gasteiger partial charge in [0.2, 0.25) is 0 Å². The van der Waals surface area contributed by atoms with Gasteiger partial charge in [0.05, 0.1) is 17.4 Å². The third-order valence-corrected chi connectivity index (χ3v) is 4.01. The molecule has 0 radical (unpaired) electrons. The maximum absolute atomic E-state index is 4.53. The fourth-order valence-corrected chi connectivity index (χ4v) is 2.45. The number of fused-ring (bicyclic) bond motifs is 1. The maximum atomic E-state index is 4.53. The number of likely N-dealkylation sites (N-methyl/N-ethyl adjacent to an activating group) is 1.